The smallest absolute Gasteiger partial charge is 0.331 e. The molecule has 1 aromatic carbocycles. The molecule has 1 aliphatic carbocycles. The van der Waals surface area contributed by atoms with Crippen LogP contribution in [0.15, 0.2) is 30.3 Å². The second kappa shape index (κ2) is 6.83. The molecular weight excluding hydrogens is 258 g/mol. The Bertz CT molecular complexity index is 433. The van der Waals surface area contributed by atoms with Gasteiger partial charge < -0.3 is 14.6 Å². The van der Waals surface area contributed by atoms with Gasteiger partial charge in [-0.3, -0.25) is 5.32 Å². The van der Waals surface area contributed by atoms with Gasteiger partial charge >= 0.3 is 5.97 Å². The minimum Gasteiger partial charge on any atom is -0.480 e. The molecule has 1 saturated carbocycles. The highest BCUT2D eigenvalue weighted by molar-refractivity contribution is 5.81. The van der Waals surface area contributed by atoms with Gasteiger partial charge in [-0.1, -0.05) is 30.3 Å². The van der Waals surface area contributed by atoms with Crippen molar-refractivity contribution in [1.82, 2.24) is 5.32 Å². The van der Waals surface area contributed by atoms with Crippen molar-refractivity contribution < 1.29 is 19.4 Å². The number of aliphatic carboxylic acids is 1. The largest absolute Gasteiger partial charge is 0.480 e. The van der Waals surface area contributed by atoms with E-state index in [0.717, 1.165) is 18.4 Å². The molecule has 1 fully saturated rings. The Labute approximate surface area is 118 Å². The van der Waals surface area contributed by atoms with Gasteiger partial charge in [0, 0.05) is 13.2 Å². The zero-order valence-electron chi connectivity index (χ0n) is 11.7. The second-order valence-corrected chi connectivity index (χ2v) is 5.04. The predicted molar refractivity (Wildman–Crippen MR) is 74.6 cm³/mol. The SMILES string of the molecule is COCCOCC(NC1CC1)(C(=O)O)c1ccccc1. The van der Waals surface area contributed by atoms with Gasteiger partial charge in [0.2, 0.25) is 0 Å². The summed E-state index contributed by atoms with van der Waals surface area (Å²) in [5.74, 6) is -0.909. The minimum absolute atomic E-state index is 0.0895. The van der Waals surface area contributed by atoms with Crippen molar-refractivity contribution in [3.05, 3.63) is 35.9 Å². The molecular formula is C15H21NO4. The monoisotopic (exact) mass is 279 g/mol. The van der Waals surface area contributed by atoms with Gasteiger partial charge in [-0.25, -0.2) is 4.79 Å². The topological polar surface area (TPSA) is 67.8 Å². The molecule has 0 bridgehead atoms. The highest BCUT2D eigenvalue weighted by Crippen LogP contribution is 2.29. The average molecular weight is 279 g/mol. The Morgan fingerprint density at radius 1 is 1.35 bits per heavy atom. The molecule has 0 radical (unpaired) electrons. The summed E-state index contributed by atoms with van der Waals surface area (Å²) < 4.78 is 10.4. The van der Waals surface area contributed by atoms with E-state index in [4.69, 9.17) is 9.47 Å². The van der Waals surface area contributed by atoms with Crippen molar-refractivity contribution in [1.29, 1.82) is 0 Å². The van der Waals surface area contributed by atoms with Gasteiger partial charge in [0.25, 0.3) is 0 Å². The van der Waals surface area contributed by atoms with Crippen LogP contribution in [0.1, 0.15) is 18.4 Å². The van der Waals surface area contributed by atoms with E-state index in [2.05, 4.69) is 5.32 Å². The van der Waals surface area contributed by atoms with Crippen LogP contribution in [0.4, 0.5) is 0 Å². The number of carbonyl (C=O) groups is 1. The molecule has 0 saturated heterocycles. The van der Waals surface area contributed by atoms with Crippen molar-refractivity contribution in [2.75, 3.05) is 26.9 Å². The number of carboxylic acid groups (broad SMARTS) is 1. The third-order valence-electron chi connectivity index (χ3n) is 3.41. The van der Waals surface area contributed by atoms with Gasteiger partial charge in [0.1, 0.15) is 0 Å². The van der Waals surface area contributed by atoms with E-state index in [1.165, 1.54) is 0 Å². The zero-order chi connectivity index (χ0) is 14.4. The summed E-state index contributed by atoms with van der Waals surface area (Å²) in [5, 5.41) is 13.0. The maximum Gasteiger partial charge on any atom is 0.331 e. The fraction of sp³-hybridized carbons (Fsp3) is 0.533. The lowest BCUT2D eigenvalue weighted by atomic mass is 9.90. The maximum atomic E-state index is 11.9. The highest BCUT2D eigenvalue weighted by atomic mass is 16.5. The first kappa shape index (κ1) is 15.0. The maximum absolute atomic E-state index is 11.9. The van der Waals surface area contributed by atoms with Crippen LogP contribution in [0.2, 0.25) is 0 Å². The molecule has 1 atom stereocenters. The first-order valence-electron chi connectivity index (χ1n) is 6.82. The molecule has 2 rings (SSSR count). The summed E-state index contributed by atoms with van der Waals surface area (Å²) in [4.78, 5) is 11.9. The molecule has 0 spiro atoms. The quantitative estimate of drug-likeness (QED) is 0.668. The van der Waals surface area contributed by atoms with Crippen LogP contribution < -0.4 is 5.32 Å². The van der Waals surface area contributed by atoms with E-state index in [-0.39, 0.29) is 12.6 Å². The van der Waals surface area contributed by atoms with Crippen LogP contribution >= 0.6 is 0 Å². The number of hydrogen-bond donors (Lipinski definition) is 2. The Kier molecular flexibility index (Phi) is 5.11. The summed E-state index contributed by atoms with van der Waals surface area (Å²) >= 11 is 0. The average Bonchev–Trinajstić information content (AvgIpc) is 3.27. The molecule has 0 aromatic heterocycles. The summed E-state index contributed by atoms with van der Waals surface area (Å²) in [7, 11) is 1.59. The summed E-state index contributed by atoms with van der Waals surface area (Å²) in [6, 6.07) is 9.47. The highest BCUT2D eigenvalue weighted by Gasteiger charge is 2.44. The molecule has 5 heteroatoms. The van der Waals surface area contributed by atoms with Gasteiger partial charge in [-0.15, -0.1) is 0 Å². The minimum atomic E-state index is -1.18. The van der Waals surface area contributed by atoms with Gasteiger partial charge in [0.05, 0.1) is 19.8 Å². The molecule has 1 aliphatic rings. The number of nitrogens with one attached hydrogen (secondary N) is 1. The number of benzene rings is 1. The number of carboxylic acids is 1. The Morgan fingerprint density at radius 2 is 2.05 bits per heavy atom. The van der Waals surface area contributed by atoms with E-state index in [9.17, 15) is 9.90 Å². The van der Waals surface area contributed by atoms with Crippen LogP contribution in [0.3, 0.4) is 0 Å². The molecule has 0 aliphatic heterocycles. The Morgan fingerprint density at radius 3 is 2.60 bits per heavy atom. The Hall–Kier alpha value is -1.43. The van der Waals surface area contributed by atoms with Crippen LogP contribution in [0.5, 0.6) is 0 Å². The number of rotatable bonds is 9. The molecule has 2 N–H and O–H groups in total. The van der Waals surface area contributed by atoms with Gasteiger partial charge in [-0.05, 0) is 18.4 Å². The Balaban J connectivity index is 2.17. The van der Waals surface area contributed by atoms with Crippen molar-refractivity contribution in [2.45, 2.75) is 24.4 Å². The van der Waals surface area contributed by atoms with E-state index < -0.39 is 11.5 Å². The molecule has 0 amide bonds. The van der Waals surface area contributed by atoms with E-state index >= 15 is 0 Å². The fourth-order valence-corrected chi connectivity index (χ4v) is 2.12. The van der Waals surface area contributed by atoms with Crippen molar-refractivity contribution >= 4 is 5.97 Å². The van der Waals surface area contributed by atoms with E-state index in [1.807, 2.05) is 30.3 Å². The first-order chi connectivity index (χ1) is 9.69. The summed E-state index contributed by atoms with van der Waals surface area (Å²) in [6.07, 6.45) is 2.03. The third kappa shape index (κ3) is 3.56. The standard InChI is InChI=1S/C15H21NO4/c1-19-9-10-20-11-15(14(17)18,16-13-7-8-13)12-5-3-2-4-6-12/h2-6,13,16H,7-11H2,1H3,(H,17,18). The fourth-order valence-electron chi connectivity index (χ4n) is 2.12. The predicted octanol–water partition coefficient (Wildman–Crippen LogP) is 1.38. The molecule has 5 nitrogen and oxygen atoms in total. The molecule has 1 unspecified atom stereocenters. The lowest BCUT2D eigenvalue weighted by Gasteiger charge is -2.31. The van der Waals surface area contributed by atoms with Gasteiger partial charge in [0.15, 0.2) is 5.54 Å². The molecule has 20 heavy (non-hydrogen) atoms. The zero-order valence-corrected chi connectivity index (χ0v) is 11.7. The summed E-state index contributed by atoms with van der Waals surface area (Å²) in [6.45, 7) is 0.921. The summed E-state index contributed by atoms with van der Waals surface area (Å²) in [5.41, 5.74) is -0.465. The van der Waals surface area contributed by atoms with E-state index in [0.29, 0.717) is 13.2 Å². The lowest BCUT2D eigenvalue weighted by Crippen LogP contribution is -2.53. The van der Waals surface area contributed by atoms with Crippen molar-refractivity contribution in [3.8, 4) is 0 Å². The van der Waals surface area contributed by atoms with Gasteiger partial charge in [-0.2, -0.15) is 0 Å². The lowest BCUT2D eigenvalue weighted by molar-refractivity contribution is -0.149. The van der Waals surface area contributed by atoms with Crippen molar-refractivity contribution in [3.63, 3.8) is 0 Å². The third-order valence-corrected chi connectivity index (χ3v) is 3.41. The van der Waals surface area contributed by atoms with Crippen LogP contribution in [0, 0.1) is 0 Å². The van der Waals surface area contributed by atoms with Crippen LogP contribution in [-0.4, -0.2) is 44.0 Å². The van der Waals surface area contributed by atoms with E-state index in [1.54, 1.807) is 7.11 Å². The second-order valence-electron chi connectivity index (χ2n) is 5.04. The van der Waals surface area contributed by atoms with Crippen LogP contribution in [0.25, 0.3) is 0 Å². The molecule has 1 aromatic rings. The van der Waals surface area contributed by atoms with Crippen molar-refractivity contribution in [2.24, 2.45) is 0 Å². The number of methoxy groups -OCH3 is 1. The normalized spacial score (nSPS) is 17.6. The molecule has 110 valence electrons. The molecule has 0 heterocycles. The van der Waals surface area contributed by atoms with Crippen LogP contribution in [-0.2, 0) is 19.8 Å². The number of hydrogen-bond acceptors (Lipinski definition) is 4. The number of ether oxygens (including phenoxy) is 2. The first-order valence-corrected chi connectivity index (χ1v) is 6.82.